The zero-order valence-corrected chi connectivity index (χ0v) is 12.9. The van der Waals surface area contributed by atoms with E-state index in [4.69, 9.17) is 15.2 Å². The molecule has 102 valence electrons. The first kappa shape index (κ1) is 15.5. The highest BCUT2D eigenvalue weighted by molar-refractivity contribution is 9.10. The van der Waals surface area contributed by atoms with E-state index >= 15 is 0 Å². The highest BCUT2D eigenvalue weighted by Crippen LogP contribution is 2.27. The van der Waals surface area contributed by atoms with Gasteiger partial charge in [-0.25, -0.2) is 0 Å². The van der Waals surface area contributed by atoms with Gasteiger partial charge in [0, 0.05) is 12.6 Å². The number of halogens is 1. The second-order valence-corrected chi connectivity index (χ2v) is 5.65. The van der Waals surface area contributed by atoms with E-state index in [-0.39, 0.29) is 6.04 Å². The standard InChI is InChI=1S/C14H22BrNO2/c1-10(2)9-17-6-7-18-14-5-4-12(11(3)16)8-13(14)15/h4-5,8,10-11H,6-7,9,16H2,1-3H3/t11-/m0/s1. The highest BCUT2D eigenvalue weighted by Gasteiger charge is 2.05. The fourth-order valence-electron chi connectivity index (χ4n) is 1.45. The summed E-state index contributed by atoms with van der Waals surface area (Å²) in [6, 6.07) is 5.95. The Kier molecular flexibility index (Phi) is 6.68. The molecule has 1 atom stereocenters. The highest BCUT2D eigenvalue weighted by atomic mass is 79.9. The summed E-state index contributed by atoms with van der Waals surface area (Å²) < 4.78 is 12.0. The zero-order valence-electron chi connectivity index (χ0n) is 11.3. The third kappa shape index (κ3) is 5.38. The summed E-state index contributed by atoms with van der Waals surface area (Å²) in [6.45, 7) is 8.16. The van der Waals surface area contributed by atoms with E-state index in [0.717, 1.165) is 22.4 Å². The van der Waals surface area contributed by atoms with Crippen molar-refractivity contribution in [2.45, 2.75) is 26.8 Å². The lowest BCUT2D eigenvalue weighted by Crippen LogP contribution is -2.10. The SMILES string of the molecule is CC(C)COCCOc1ccc([C@H](C)N)cc1Br. The molecular weight excluding hydrogens is 294 g/mol. The second kappa shape index (κ2) is 7.77. The van der Waals surface area contributed by atoms with E-state index in [9.17, 15) is 0 Å². The normalized spacial score (nSPS) is 12.8. The molecule has 0 heterocycles. The molecule has 0 aliphatic rings. The molecule has 1 aromatic rings. The molecule has 0 radical (unpaired) electrons. The van der Waals surface area contributed by atoms with Crippen LogP contribution in [-0.2, 0) is 4.74 Å². The van der Waals surface area contributed by atoms with Crippen LogP contribution in [-0.4, -0.2) is 19.8 Å². The summed E-state index contributed by atoms with van der Waals surface area (Å²) in [4.78, 5) is 0. The van der Waals surface area contributed by atoms with Crippen LogP contribution in [0.3, 0.4) is 0 Å². The molecule has 2 N–H and O–H groups in total. The summed E-state index contributed by atoms with van der Waals surface area (Å²) in [5.74, 6) is 1.38. The minimum atomic E-state index is 0.0322. The largest absolute Gasteiger partial charge is 0.490 e. The Balaban J connectivity index is 2.39. The van der Waals surface area contributed by atoms with Crippen molar-refractivity contribution in [2.75, 3.05) is 19.8 Å². The van der Waals surface area contributed by atoms with Crippen molar-refractivity contribution in [1.29, 1.82) is 0 Å². The van der Waals surface area contributed by atoms with Gasteiger partial charge in [0.2, 0.25) is 0 Å². The first-order chi connectivity index (χ1) is 8.50. The number of hydrogen-bond acceptors (Lipinski definition) is 3. The Morgan fingerprint density at radius 2 is 1.94 bits per heavy atom. The number of rotatable bonds is 7. The maximum Gasteiger partial charge on any atom is 0.133 e. The van der Waals surface area contributed by atoms with Crippen LogP contribution < -0.4 is 10.5 Å². The Morgan fingerprint density at radius 3 is 2.50 bits per heavy atom. The van der Waals surface area contributed by atoms with E-state index < -0.39 is 0 Å². The quantitative estimate of drug-likeness (QED) is 0.783. The third-order valence-corrected chi connectivity index (χ3v) is 3.04. The van der Waals surface area contributed by atoms with Crippen LogP contribution in [0.25, 0.3) is 0 Å². The zero-order chi connectivity index (χ0) is 13.5. The van der Waals surface area contributed by atoms with Gasteiger partial charge < -0.3 is 15.2 Å². The molecule has 1 rings (SSSR count). The number of nitrogens with two attached hydrogens (primary N) is 1. The minimum absolute atomic E-state index is 0.0322. The van der Waals surface area contributed by atoms with Crippen molar-refractivity contribution in [2.24, 2.45) is 11.7 Å². The van der Waals surface area contributed by atoms with E-state index in [1.165, 1.54) is 0 Å². The molecule has 0 aliphatic carbocycles. The van der Waals surface area contributed by atoms with Crippen molar-refractivity contribution in [1.82, 2.24) is 0 Å². The van der Waals surface area contributed by atoms with Crippen LogP contribution in [0, 0.1) is 5.92 Å². The molecule has 0 aromatic heterocycles. The lowest BCUT2D eigenvalue weighted by molar-refractivity contribution is 0.0817. The van der Waals surface area contributed by atoms with Crippen molar-refractivity contribution in [3.8, 4) is 5.75 Å². The van der Waals surface area contributed by atoms with Crippen LogP contribution in [0.5, 0.6) is 5.75 Å². The Morgan fingerprint density at radius 1 is 1.22 bits per heavy atom. The fraction of sp³-hybridized carbons (Fsp3) is 0.571. The first-order valence-electron chi connectivity index (χ1n) is 6.26. The summed E-state index contributed by atoms with van der Waals surface area (Å²) >= 11 is 3.49. The molecule has 0 saturated heterocycles. The minimum Gasteiger partial charge on any atom is -0.490 e. The Hall–Kier alpha value is -0.580. The van der Waals surface area contributed by atoms with Crippen LogP contribution in [0.4, 0.5) is 0 Å². The number of hydrogen-bond donors (Lipinski definition) is 1. The van der Waals surface area contributed by atoms with Crippen molar-refractivity contribution >= 4 is 15.9 Å². The van der Waals surface area contributed by atoms with Gasteiger partial charge in [-0.2, -0.15) is 0 Å². The van der Waals surface area contributed by atoms with E-state index in [2.05, 4.69) is 29.8 Å². The summed E-state index contributed by atoms with van der Waals surface area (Å²) in [7, 11) is 0. The molecular formula is C14H22BrNO2. The van der Waals surface area contributed by atoms with Crippen LogP contribution >= 0.6 is 15.9 Å². The smallest absolute Gasteiger partial charge is 0.133 e. The molecule has 0 aliphatic heterocycles. The van der Waals surface area contributed by atoms with Gasteiger partial charge in [0.05, 0.1) is 11.1 Å². The van der Waals surface area contributed by atoms with E-state index in [1.54, 1.807) is 0 Å². The average Bonchev–Trinajstić information content (AvgIpc) is 2.29. The predicted octanol–water partition coefficient (Wildman–Crippen LogP) is 3.52. The van der Waals surface area contributed by atoms with Gasteiger partial charge in [-0.15, -0.1) is 0 Å². The first-order valence-corrected chi connectivity index (χ1v) is 7.05. The molecule has 0 spiro atoms. The van der Waals surface area contributed by atoms with Gasteiger partial charge in [0.15, 0.2) is 0 Å². The summed E-state index contributed by atoms with van der Waals surface area (Å²) in [5, 5.41) is 0. The molecule has 4 heteroatoms. The van der Waals surface area contributed by atoms with Gasteiger partial charge in [-0.05, 0) is 46.5 Å². The Labute approximate surface area is 118 Å². The second-order valence-electron chi connectivity index (χ2n) is 4.80. The summed E-state index contributed by atoms with van der Waals surface area (Å²) in [5.41, 5.74) is 6.91. The molecule has 0 unspecified atom stereocenters. The van der Waals surface area contributed by atoms with Gasteiger partial charge in [-0.3, -0.25) is 0 Å². The van der Waals surface area contributed by atoms with Crippen molar-refractivity contribution in [3.63, 3.8) is 0 Å². The molecule has 0 amide bonds. The van der Waals surface area contributed by atoms with Crippen molar-refractivity contribution in [3.05, 3.63) is 28.2 Å². The van der Waals surface area contributed by atoms with E-state index in [0.29, 0.717) is 19.1 Å². The van der Waals surface area contributed by atoms with Gasteiger partial charge in [0.25, 0.3) is 0 Å². The third-order valence-electron chi connectivity index (χ3n) is 2.42. The molecule has 0 fully saturated rings. The molecule has 3 nitrogen and oxygen atoms in total. The number of ether oxygens (including phenoxy) is 2. The molecule has 1 aromatic carbocycles. The van der Waals surface area contributed by atoms with E-state index in [1.807, 2.05) is 25.1 Å². The lowest BCUT2D eigenvalue weighted by Gasteiger charge is -2.12. The van der Waals surface area contributed by atoms with Crippen LogP contribution in [0.2, 0.25) is 0 Å². The number of benzene rings is 1. The maximum atomic E-state index is 5.82. The van der Waals surface area contributed by atoms with Gasteiger partial charge >= 0.3 is 0 Å². The lowest BCUT2D eigenvalue weighted by atomic mass is 10.1. The maximum absolute atomic E-state index is 5.82. The monoisotopic (exact) mass is 315 g/mol. The van der Waals surface area contributed by atoms with Gasteiger partial charge in [-0.1, -0.05) is 19.9 Å². The molecule has 0 saturated carbocycles. The molecule has 0 bridgehead atoms. The topological polar surface area (TPSA) is 44.5 Å². The van der Waals surface area contributed by atoms with Crippen LogP contribution in [0.1, 0.15) is 32.4 Å². The van der Waals surface area contributed by atoms with Crippen LogP contribution in [0.15, 0.2) is 22.7 Å². The molecule has 18 heavy (non-hydrogen) atoms. The Bertz CT molecular complexity index is 367. The average molecular weight is 316 g/mol. The predicted molar refractivity (Wildman–Crippen MR) is 77.9 cm³/mol. The van der Waals surface area contributed by atoms with Crippen molar-refractivity contribution < 1.29 is 9.47 Å². The fourth-order valence-corrected chi connectivity index (χ4v) is 1.96. The summed E-state index contributed by atoms with van der Waals surface area (Å²) in [6.07, 6.45) is 0. The van der Waals surface area contributed by atoms with Gasteiger partial charge in [0.1, 0.15) is 12.4 Å².